The Labute approximate surface area is 120 Å². The van der Waals surface area contributed by atoms with Crippen LogP contribution in [-0.2, 0) is 6.42 Å². The van der Waals surface area contributed by atoms with Gasteiger partial charge in [-0.3, -0.25) is 4.79 Å². The molecule has 0 aliphatic heterocycles. The van der Waals surface area contributed by atoms with Gasteiger partial charge in [0.2, 0.25) is 0 Å². The van der Waals surface area contributed by atoms with Crippen molar-refractivity contribution < 1.29 is 9.53 Å². The molecule has 0 aliphatic carbocycles. The quantitative estimate of drug-likeness (QED) is 0.782. The van der Waals surface area contributed by atoms with Crippen molar-refractivity contribution in [1.82, 2.24) is 0 Å². The normalized spacial score (nSPS) is 10.4. The first-order valence-corrected chi connectivity index (χ1v) is 6.75. The highest BCUT2D eigenvalue weighted by Crippen LogP contribution is 2.22. The van der Waals surface area contributed by atoms with Gasteiger partial charge in [0.25, 0.3) is 0 Å². The fourth-order valence-electron chi connectivity index (χ4n) is 2.24. The van der Waals surface area contributed by atoms with Gasteiger partial charge in [0.15, 0.2) is 5.78 Å². The van der Waals surface area contributed by atoms with E-state index in [4.69, 9.17) is 4.74 Å². The molecule has 2 aromatic rings. The van der Waals surface area contributed by atoms with E-state index in [0.717, 1.165) is 28.0 Å². The van der Waals surface area contributed by atoms with Crippen LogP contribution in [-0.4, -0.2) is 12.9 Å². The van der Waals surface area contributed by atoms with Gasteiger partial charge >= 0.3 is 0 Å². The zero-order valence-electron chi connectivity index (χ0n) is 12.5. The first kappa shape index (κ1) is 14.3. The largest absolute Gasteiger partial charge is 0.496 e. The van der Waals surface area contributed by atoms with Crippen molar-refractivity contribution >= 4 is 5.78 Å². The Kier molecular flexibility index (Phi) is 4.23. The van der Waals surface area contributed by atoms with E-state index in [1.807, 2.05) is 57.2 Å². The molecule has 2 heteroatoms. The predicted octanol–water partition coefficient (Wildman–Crippen LogP) is 4.05. The Morgan fingerprint density at radius 1 is 1.00 bits per heavy atom. The fraction of sp³-hybridized carbons (Fsp3) is 0.278. The lowest BCUT2D eigenvalue weighted by molar-refractivity contribution is 0.0992. The van der Waals surface area contributed by atoms with Crippen LogP contribution in [0.2, 0.25) is 0 Å². The maximum Gasteiger partial charge on any atom is 0.167 e. The van der Waals surface area contributed by atoms with Crippen LogP contribution in [0.3, 0.4) is 0 Å². The predicted molar refractivity (Wildman–Crippen MR) is 81.7 cm³/mol. The highest BCUT2D eigenvalue weighted by atomic mass is 16.5. The summed E-state index contributed by atoms with van der Waals surface area (Å²) in [6.07, 6.45) is 0.368. The number of hydrogen-bond acceptors (Lipinski definition) is 2. The molecule has 0 amide bonds. The van der Waals surface area contributed by atoms with Crippen molar-refractivity contribution in [2.75, 3.05) is 7.11 Å². The molecule has 0 aromatic heterocycles. The van der Waals surface area contributed by atoms with Gasteiger partial charge in [-0.05, 0) is 44.0 Å². The molecular weight excluding hydrogens is 248 g/mol. The highest BCUT2D eigenvalue weighted by Gasteiger charge is 2.11. The van der Waals surface area contributed by atoms with Crippen LogP contribution < -0.4 is 4.74 Å². The summed E-state index contributed by atoms with van der Waals surface area (Å²) in [6.45, 7) is 6.09. The lowest BCUT2D eigenvalue weighted by Gasteiger charge is -2.10. The average Bonchev–Trinajstić information content (AvgIpc) is 2.42. The van der Waals surface area contributed by atoms with Gasteiger partial charge in [0.1, 0.15) is 5.75 Å². The van der Waals surface area contributed by atoms with Crippen LogP contribution in [0.4, 0.5) is 0 Å². The van der Waals surface area contributed by atoms with Gasteiger partial charge in [0.05, 0.1) is 7.11 Å². The Balaban J connectivity index is 2.27. The summed E-state index contributed by atoms with van der Waals surface area (Å²) >= 11 is 0. The number of rotatable bonds is 4. The number of aryl methyl sites for hydroxylation is 3. The first-order chi connectivity index (χ1) is 9.51. The maximum atomic E-state index is 12.4. The molecule has 2 nitrogen and oxygen atoms in total. The third kappa shape index (κ3) is 3.08. The third-order valence-electron chi connectivity index (χ3n) is 3.62. The Morgan fingerprint density at radius 3 is 2.40 bits per heavy atom. The number of carbonyl (C=O) groups excluding carboxylic acids is 1. The zero-order chi connectivity index (χ0) is 14.7. The monoisotopic (exact) mass is 268 g/mol. The Morgan fingerprint density at radius 2 is 1.75 bits per heavy atom. The van der Waals surface area contributed by atoms with E-state index in [2.05, 4.69) is 0 Å². The van der Waals surface area contributed by atoms with Crippen molar-refractivity contribution in [3.05, 3.63) is 64.2 Å². The van der Waals surface area contributed by atoms with Gasteiger partial charge < -0.3 is 4.74 Å². The fourth-order valence-corrected chi connectivity index (χ4v) is 2.24. The summed E-state index contributed by atoms with van der Waals surface area (Å²) in [4.78, 5) is 12.4. The van der Waals surface area contributed by atoms with E-state index in [0.29, 0.717) is 6.42 Å². The minimum atomic E-state index is 0.122. The number of hydrogen-bond donors (Lipinski definition) is 0. The van der Waals surface area contributed by atoms with E-state index in [9.17, 15) is 4.79 Å². The molecule has 0 bridgehead atoms. The zero-order valence-corrected chi connectivity index (χ0v) is 12.5. The number of ether oxygens (including phenoxy) is 1. The van der Waals surface area contributed by atoms with E-state index >= 15 is 0 Å². The van der Waals surface area contributed by atoms with Crippen LogP contribution in [0.25, 0.3) is 0 Å². The average molecular weight is 268 g/mol. The lowest BCUT2D eigenvalue weighted by Crippen LogP contribution is -2.06. The molecule has 0 radical (unpaired) electrons. The summed E-state index contributed by atoms with van der Waals surface area (Å²) in [5, 5.41) is 0. The molecule has 0 N–H and O–H groups in total. The third-order valence-corrected chi connectivity index (χ3v) is 3.62. The molecule has 0 heterocycles. The molecular formula is C18H20O2. The van der Waals surface area contributed by atoms with Gasteiger partial charge in [-0.1, -0.05) is 29.8 Å². The minimum absolute atomic E-state index is 0.122. The van der Waals surface area contributed by atoms with Crippen molar-refractivity contribution in [3.63, 3.8) is 0 Å². The molecule has 0 saturated carbocycles. The van der Waals surface area contributed by atoms with Crippen LogP contribution >= 0.6 is 0 Å². The maximum absolute atomic E-state index is 12.4. The molecule has 0 spiro atoms. The second-order valence-corrected chi connectivity index (χ2v) is 5.21. The lowest BCUT2D eigenvalue weighted by atomic mass is 9.98. The summed E-state index contributed by atoms with van der Waals surface area (Å²) in [5.41, 5.74) is 5.18. The molecule has 0 unspecified atom stereocenters. The summed E-state index contributed by atoms with van der Waals surface area (Å²) < 4.78 is 5.33. The standard InChI is InChI=1S/C18H20O2/c1-12-5-8-18(20-4)16(9-12)11-17(19)15-7-6-13(2)14(3)10-15/h5-10H,11H2,1-4H3. The van der Waals surface area contributed by atoms with E-state index in [-0.39, 0.29) is 5.78 Å². The van der Waals surface area contributed by atoms with Crippen LogP contribution in [0.15, 0.2) is 36.4 Å². The smallest absolute Gasteiger partial charge is 0.167 e. The van der Waals surface area contributed by atoms with Gasteiger partial charge in [-0.15, -0.1) is 0 Å². The van der Waals surface area contributed by atoms with E-state index < -0.39 is 0 Å². The molecule has 2 aromatic carbocycles. The minimum Gasteiger partial charge on any atom is -0.496 e. The van der Waals surface area contributed by atoms with E-state index in [1.165, 1.54) is 5.56 Å². The summed E-state index contributed by atoms with van der Waals surface area (Å²) in [7, 11) is 1.63. The molecule has 0 atom stereocenters. The van der Waals surface area contributed by atoms with Crippen molar-refractivity contribution in [1.29, 1.82) is 0 Å². The molecule has 20 heavy (non-hydrogen) atoms. The molecule has 2 rings (SSSR count). The Bertz CT molecular complexity index is 642. The second-order valence-electron chi connectivity index (χ2n) is 5.21. The van der Waals surface area contributed by atoms with Crippen LogP contribution in [0.5, 0.6) is 5.75 Å². The van der Waals surface area contributed by atoms with Crippen molar-refractivity contribution in [3.8, 4) is 5.75 Å². The SMILES string of the molecule is COc1ccc(C)cc1CC(=O)c1ccc(C)c(C)c1. The van der Waals surface area contributed by atoms with Gasteiger partial charge in [-0.25, -0.2) is 0 Å². The number of ketones is 1. The van der Waals surface area contributed by atoms with Crippen LogP contribution in [0, 0.1) is 20.8 Å². The molecule has 0 fully saturated rings. The number of carbonyl (C=O) groups is 1. The van der Waals surface area contributed by atoms with E-state index in [1.54, 1.807) is 7.11 Å². The van der Waals surface area contributed by atoms with Crippen molar-refractivity contribution in [2.24, 2.45) is 0 Å². The summed E-state index contributed by atoms with van der Waals surface area (Å²) in [5.74, 6) is 0.893. The molecule has 0 saturated heterocycles. The van der Waals surface area contributed by atoms with Crippen molar-refractivity contribution in [2.45, 2.75) is 27.2 Å². The van der Waals surface area contributed by atoms with Gasteiger partial charge in [0, 0.05) is 17.5 Å². The van der Waals surface area contributed by atoms with Gasteiger partial charge in [-0.2, -0.15) is 0 Å². The van der Waals surface area contributed by atoms with Crippen LogP contribution in [0.1, 0.15) is 32.6 Å². The number of benzene rings is 2. The molecule has 0 aliphatic rings. The number of Topliss-reactive ketones (excluding diaryl/α,β-unsaturated/α-hetero) is 1. The number of methoxy groups -OCH3 is 1. The second kappa shape index (κ2) is 5.91. The molecule has 104 valence electrons. The first-order valence-electron chi connectivity index (χ1n) is 6.75. The highest BCUT2D eigenvalue weighted by molar-refractivity contribution is 5.98. The summed E-state index contributed by atoms with van der Waals surface area (Å²) in [6, 6.07) is 11.8. The Hall–Kier alpha value is -2.09. The topological polar surface area (TPSA) is 26.3 Å².